The minimum atomic E-state index is -4.38. The van der Waals surface area contributed by atoms with Crippen molar-refractivity contribution in [2.45, 2.75) is 52.3 Å². The van der Waals surface area contributed by atoms with Crippen LogP contribution in [0.15, 0.2) is 16.9 Å². The fourth-order valence-corrected chi connectivity index (χ4v) is 4.11. The van der Waals surface area contributed by atoms with E-state index in [0.29, 0.717) is 17.0 Å². The number of nitrogen functional groups attached to an aromatic ring is 1. The number of hydrogen-bond acceptors (Lipinski definition) is 5. The number of anilines is 2. The molecule has 1 aliphatic rings. The first kappa shape index (κ1) is 21.1. The summed E-state index contributed by atoms with van der Waals surface area (Å²) in [5, 5.41) is 2.86. The molecule has 0 radical (unpaired) electrons. The van der Waals surface area contributed by atoms with Crippen LogP contribution in [0.4, 0.5) is 24.9 Å². The Morgan fingerprint density at radius 3 is 2.39 bits per heavy atom. The van der Waals surface area contributed by atoms with Crippen molar-refractivity contribution >= 4 is 17.4 Å². The number of nitrogens with zero attached hydrogens (tertiary/aromatic N) is 5. The largest absolute Gasteiger partial charge is 0.428 e. The van der Waals surface area contributed by atoms with E-state index in [9.17, 15) is 18.0 Å². The minimum absolute atomic E-state index is 0.0613. The molecular formula is C20H25F3N7O+. The SMILES string of the molecule is Cc1cc(-c2c(N3CCCCC3)nc(N)[n+]3c(=O)n(CCC(F)(F)F)[nH]c23)cc(C)n1. The van der Waals surface area contributed by atoms with Gasteiger partial charge in [0, 0.05) is 24.5 Å². The summed E-state index contributed by atoms with van der Waals surface area (Å²) < 4.78 is 40.4. The lowest BCUT2D eigenvalue weighted by molar-refractivity contribution is -0.516. The maximum absolute atomic E-state index is 12.9. The Morgan fingerprint density at radius 1 is 1.13 bits per heavy atom. The number of halogens is 3. The van der Waals surface area contributed by atoms with E-state index in [1.807, 2.05) is 26.0 Å². The monoisotopic (exact) mass is 436 g/mol. The van der Waals surface area contributed by atoms with E-state index in [1.165, 1.54) is 0 Å². The lowest BCUT2D eigenvalue weighted by Gasteiger charge is -2.28. The molecule has 0 atom stereocenters. The summed E-state index contributed by atoms with van der Waals surface area (Å²) in [5.41, 5.74) is 8.75. The Labute approximate surface area is 176 Å². The number of alkyl halides is 3. The molecule has 1 fully saturated rings. The molecule has 1 aliphatic heterocycles. The van der Waals surface area contributed by atoms with Crippen LogP contribution in [0.1, 0.15) is 37.1 Å². The Morgan fingerprint density at radius 2 is 1.77 bits per heavy atom. The molecule has 4 heterocycles. The van der Waals surface area contributed by atoms with Gasteiger partial charge in [0.05, 0.1) is 18.5 Å². The average molecular weight is 436 g/mol. The third-order valence-corrected chi connectivity index (χ3v) is 5.44. The number of rotatable bonds is 4. The average Bonchev–Trinajstić information content (AvgIpc) is 3.02. The normalized spacial score (nSPS) is 15.1. The minimum Gasteiger partial charge on any atom is -0.348 e. The van der Waals surface area contributed by atoms with Gasteiger partial charge < -0.3 is 10.6 Å². The number of piperidine rings is 1. The highest BCUT2D eigenvalue weighted by atomic mass is 19.4. The van der Waals surface area contributed by atoms with Crippen LogP contribution in [0.25, 0.3) is 16.8 Å². The second kappa shape index (κ2) is 7.86. The quantitative estimate of drug-likeness (QED) is 0.613. The van der Waals surface area contributed by atoms with E-state index in [2.05, 4.69) is 20.0 Å². The van der Waals surface area contributed by atoms with E-state index in [0.717, 1.165) is 58.4 Å². The number of H-pyrrole nitrogens is 1. The number of nitrogens with one attached hydrogen (secondary N) is 1. The van der Waals surface area contributed by atoms with Gasteiger partial charge in [-0.2, -0.15) is 17.9 Å². The van der Waals surface area contributed by atoms with Gasteiger partial charge in [0.25, 0.3) is 0 Å². The Bertz CT molecular complexity index is 1160. The third kappa shape index (κ3) is 4.21. The van der Waals surface area contributed by atoms with Crippen LogP contribution < -0.4 is 20.7 Å². The molecule has 3 N–H and O–H groups in total. The fraction of sp³-hybridized carbons (Fsp3) is 0.500. The topological polar surface area (TPSA) is 96.9 Å². The van der Waals surface area contributed by atoms with Gasteiger partial charge in [-0.25, -0.2) is 9.89 Å². The molecule has 11 heteroatoms. The van der Waals surface area contributed by atoms with Crippen molar-refractivity contribution in [3.05, 3.63) is 34.0 Å². The van der Waals surface area contributed by atoms with Crippen molar-refractivity contribution in [1.29, 1.82) is 0 Å². The standard InChI is InChI=1S/C20H24F3N7O/c1-12-10-14(11-13(2)25-12)15-16(28-7-4-3-5-8-28)26-18(24)30-17(15)27-29(19(30)31)9-6-20(21,22)23/h10-11H,3-9H2,1-2H3,(H2,24,25,26,27)/p+1. The van der Waals surface area contributed by atoms with Gasteiger partial charge in [0.15, 0.2) is 5.82 Å². The number of fused-ring (bicyclic) bond motifs is 1. The molecule has 0 aliphatic carbocycles. The van der Waals surface area contributed by atoms with Crippen LogP contribution in [0, 0.1) is 13.8 Å². The molecule has 166 valence electrons. The summed E-state index contributed by atoms with van der Waals surface area (Å²) >= 11 is 0. The van der Waals surface area contributed by atoms with Gasteiger partial charge in [0.2, 0.25) is 5.65 Å². The zero-order valence-electron chi connectivity index (χ0n) is 17.5. The number of nitrogens with two attached hydrogens (primary N) is 1. The fourth-order valence-electron chi connectivity index (χ4n) is 4.11. The van der Waals surface area contributed by atoms with Crippen molar-refractivity contribution in [3.8, 4) is 11.1 Å². The summed E-state index contributed by atoms with van der Waals surface area (Å²) in [6.45, 7) is 4.78. The summed E-state index contributed by atoms with van der Waals surface area (Å²) in [4.78, 5) is 23.9. The highest BCUT2D eigenvalue weighted by Crippen LogP contribution is 2.33. The smallest absolute Gasteiger partial charge is 0.348 e. The predicted octanol–water partition coefficient (Wildman–Crippen LogP) is 2.51. The first-order valence-corrected chi connectivity index (χ1v) is 10.3. The summed E-state index contributed by atoms with van der Waals surface area (Å²) in [5.74, 6) is 0.556. The molecule has 0 bridgehead atoms. The predicted molar refractivity (Wildman–Crippen MR) is 110 cm³/mol. The zero-order chi connectivity index (χ0) is 22.3. The van der Waals surface area contributed by atoms with Gasteiger partial charge in [-0.05, 0) is 50.8 Å². The molecule has 0 spiro atoms. The highest BCUT2D eigenvalue weighted by Gasteiger charge is 2.31. The Balaban J connectivity index is 1.97. The molecular weight excluding hydrogens is 411 g/mol. The number of aromatic nitrogens is 5. The van der Waals surface area contributed by atoms with Gasteiger partial charge >= 0.3 is 17.8 Å². The molecule has 0 saturated carbocycles. The van der Waals surface area contributed by atoms with Crippen LogP contribution in [-0.4, -0.2) is 39.0 Å². The maximum Gasteiger partial charge on any atom is 0.428 e. The second-order valence-corrected chi connectivity index (χ2v) is 7.95. The van der Waals surface area contributed by atoms with Crippen LogP contribution in [0.3, 0.4) is 0 Å². The van der Waals surface area contributed by atoms with E-state index < -0.39 is 24.8 Å². The van der Waals surface area contributed by atoms with Crippen molar-refractivity contribution in [1.82, 2.24) is 19.7 Å². The highest BCUT2D eigenvalue weighted by molar-refractivity contribution is 5.86. The van der Waals surface area contributed by atoms with E-state index in [4.69, 9.17) is 5.73 Å². The van der Waals surface area contributed by atoms with Crippen LogP contribution in [-0.2, 0) is 6.54 Å². The van der Waals surface area contributed by atoms with Gasteiger partial charge in [0.1, 0.15) is 0 Å². The van der Waals surface area contributed by atoms with E-state index in [-0.39, 0.29) is 5.95 Å². The number of pyridine rings is 1. The van der Waals surface area contributed by atoms with Crippen molar-refractivity contribution < 1.29 is 17.6 Å². The second-order valence-electron chi connectivity index (χ2n) is 7.95. The molecule has 0 unspecified atom stereocenters. The molecule has 3 aromatic heterocycles. The van der Waals surface area contributed by atoms with Crippen LogP contribution in [0.5, 0.6) is 0 Å². The summed E-state index contributed by atoms with van der Waals surface area (Å²) in [7, 11) is 0. The maximum atomic E-state index is 12.9. The summed E-state index contributed by atoms with van der Waals surface area (Å²) in [6.07, 6.45) is -2.38. The van der Waals surface area contributed by atoms with Gasteiger partial charge in [-0.3, -0.25) is 4.98 Å². The lowest BCUT2D eigenvalue weighted by atomic mass is 10.0. The van der Waals surface area contributed by atoms with Crippen LogP contribution in [0.2, 0.25) is 0 Å². The van der Waals surface area contributed by atoms with Gasteiger partial charge in [-0.15, -0.1) is 9.38 Å². The lowest BCUT2D eigenvalue weighted by Crippen LogP contribution is -2.45. The number of aromatic amines is 1. The molecule has 4 rings (SSSR count). The van der Waals surface area contributed by atoms with E-state index in [1.54, 1.807) is 0 Å². The Kier molecular flexibility index (Phi) is 5.36. The van der Waals surface area contributed by atoms with Gasteiger partial charge in [-0.1, -0.05) is 0 Å². The van der Waals surface area contributed by atoms with Crippen LogP contribution >= 0.6 is 0 Å². The molecule has 8 nitrogen and oxygen atoms in total. The number of aryl methyl sites for hydroxylation is 3. The first-order chi connectivity index (χ1) is 14.6. The molecule has 31 heavy (non-hydrogen) atoms. The molecule has 3 aromatic rings. The van der Waals surface area contributed by atoms with Crippen molar-refractivity contribution in [3.63, 3.8) is 0 Å². The van der Waals surface area contributed by atoms with Crippen molar-refractivity contribution in [2.24, 2.45) is 0 Å². The summed E-state index contributed by atoms with van der Waals surface area (Å²) in [6, 6.07) is 3.75. The third-order valence-electron chi connectivity index (χ3n) is 5.44. The molecule has 0 aromatic carbocycles. The number of hydrogen-bond donors (Lipinski definition) is 2. The Hall–Kier alpha value is -3.11. The first-order valence-electron chi connectivity index (χ1n) is 10.3. The molecule has 1 saturated heterocycles. The molecule has 0 amide bonds. The zero-order valence-corrected chi connectivity index (χ0v) is 17.5. The van der Waals surface area contributed by atoms with Crippen molar-refractivity contribution in [2.75, 3.05) is 23.7 Å². The van der Waals surface area contributed by atoms with E-state index >= 15 is 0 Å².